The Balaban J connectivity index is 2.61. The molecule has 2 aromatic rings. The topological polar surface area (TPSA) is 24.9 Å². The van der Waals surface area contributed by atoms with Crippen LogP contribution in [0, 0.1) is 0 Å². The zero-order valence-corrected chi connectivity index (χ0v) is 12.7. The second-order valence-electron chi connectivity index (χ2n) is 4.81. The van der Waals surface area contributed by atoms with Gasteiger partial charge in [-0.05, 0) is 40.4 Å². The Labute approximate surface area is 117 Å². The number of pyridine rings is 1. The number of para-hydroxylation sites is 1. The van der Waals surface area contributed by atoms with Crippen molar-refractivity contribution < 1.29 is 0 Å². The fourth-order valence-electron chi connectivity index (χ4n) is 1.94. The van der Waals surface area contributed by atoms with Gasteiger partial charge in [-0.15, -0.1) is 0 Å². The molecule has 2 rings (SSSR count). The van der Waals surface area contributed by atoms with Gasteiger partial charge < -0.3 is 5.32 Å². The summed E-state index contributed by atoms with van der Waals surface area (Å²) in [7, 11) is 0. The lowest BCUT2D eigenvalue weighted by molar-refractivity contribution is 0.829. The Hall–Kier alpha value is -1.09. The summed E-state index contributed by atoms with van der Waals surface area (Å²) in [5.74, 6) is 0.434. The van der Waals surface area contributed by atoms with Crippen molar-refractivity contribution in [3.63, 3.8) is 0 Å². The standard InChI is InChI=1S/C15H19BrN2/c1-4-8-17-14-9-13(10(2)3)18-15-11(14)6-5-7-12(15)16/h5-7,9-10H,4,8H2,1-3H3,(H,17,18). The van der Waals surface area contributed by atoms with E-state index in [2.05, 4.69) is 60.2 Å². The molecule has 0 saturated heterocycles. The molecule has 0 amide bonds. The Morgan fingerprint density at radius 1 is 1.33 bits per heavy atom. The summed E-state index contributed by atoms with van der Waals surface area (Å²) >= 11 is 3.59. The molecule has 1 N–H and O–H groups in total. The Morgan fingerprint density at radius 2 is 2.11 bits per heavy atom. The number of hydrogen-bond donors (Lipinski definition) is 1. The summed E-state index contributed by atoms with van der Waals surface area (Å²) in [5, 5.41) is 4.68. The third-order valence-electron chi connectivity index (χ3n) is 2.97. The fraction of sp³-hybridized carbons (Fsp3) is 0.400. The zero-order chi connectivity index (χ0) is 13.1. The van der Waals surface area contributed by atoms with E-state index in [1.807, 2.05) is 6.07 Å². The lowest BCUT2D eigenvalue weighted by atomic mass is 10.1. The molecule has 0 unspecified atom stereocenters. The van der Waals surface area contributed by atoms with E-state index in [0.717, 1.165) is 28.6 Å². The number of hydrogen-bond acceptors (Lipinski definition) is 2. The molecule has 0 atom stereocenters. The Morgan fingerprint density at radius 3 is 2.78 bits per heavy atom. The number of benzene rings is 1. The highest BCUT2D eigenvalue weighted by Crippen LogP contribution is 2.30. The largest absolute Gasteiger partial charge is 0.384 e. The van der Waals surface area contributed by atoms with Crippen LogP contribution in [-0.4, -0.2) is 11.5 Å². The van der Waals surface area contributed by atoms with Gasteiger partial charge in [-0.1, -0.05) is 32.9 Å². The van der Waals surface area contributed by atoms with E-state index in [4.69, 9.17) is 4.98 Å². The third-order valence-corrected chi connectivity index (χ3v) is 3.61. The number of rotatable bonds is 4. The number of anilines is 1. The molecule has 96 valence electrons. The Kier molecular flexibility index (Phi) is 4.23. The first-order valence-electron chi connectivity index (χ1n) is 6.46. The molecule has 0 aliphatic carbocycles. The molecule has 0 radical (unpaired) electrons. The first kappa shape index (κ1) is 13.3. The number of aromatic nitrogens is 1. The van der Waals surface area contributed by atoms with Crippen molar-refractivity contribution in [3.05, 3.63) is 34.4 Å². The van der Waals surface area contributed by atoms with E-state index in [1.54, 1.807) is 0 Å². The summed E-state index contributed by atoms with van der Waals surface area (Å²) in [4.78, 5) is 4.76. The number of nitrogens with zero attached hydrogens (tertiary/aromatic N) is 1. The van der Waals surface area contributed by atoms with E-state index in [1.165, 1.54) is 11.1 Å². The highest BCUT2D eigenvalue weighted by Gasteiger charge is 2.10. The van der Waals surface area contributed by atoms with Gasteiger partial charge >= 0.3 is 0 Å². The van der Waals surface area contributed by atoms with E-state index >= 15 is 0 Å². The average Bonchev–Trinajstić information content (AvgIpc) is 2.36. The van der Waals surface area contributed by atoms with E-state index in [-0.39, 0.29) is 0 Å². The minimum absolute atomic E-state index is 0.434. The van der Waals surface area contributed by atoms with Crippen molar-refractivity contribution in [2.45, 2.75) is 33.1 Å². The minimum Gasteiger partial charge on any atom is -0.384 e. The summed E-state index contributed by atoms with van der Waals surface area (Å²) < 4.78 is 1.06. The molecule has 0 aliphatic heterocycles. The predicted molar refractivity (Wildman–Crippen MR) is 82.3 cm³/mol. The van der Waals surface area contributed by atoms with Crippen LogP contribution in [0.5, 0.6) is 0 Å². The molecule has 2 nitrogen and oxygen atoms in total. The number of fused-ring (bicyclic) bond motifs is 1. The van der Waals surface area contributed by atoms with Crippen LogP contribution >= 0.6 is 15.9 Å². The van der Waals surface area contributed by atoms with Crippen molar-refractivity contribution in [1.29, 1.82) is 0 Å². The monoisotopic (exact) mass is 306 g/mol. The van der Waals surface area contributed by atoms with Gasteiger partial charge in [0.2, 0.25) is 0 Å². The molecular weight excluding hydrogens is 288 g/mol. The van der Waals surface area contributed by atoms with Crippen molar-refractivity contribution in [1.82, 2.24) is 4.98 Å². The highest BCUT2D eigenvalue weighted by molar-refractivity contribution is 9.10. The van der Waals surface area contributed by atoms with Gasteiger partial charge in [0.25, 0.3) is 0 Å². The molecule has 0 fully saturated rings. The number of halogens is 1. The molecule has 0 saturated carbocycles. The lowest BCUT2D eigenvalue weighted by Crippen LogP contribution is -2.03. The van der Waals surface area contributed by atoms with Crippen molar-refractivity contribution in [3.8, 4) is 0 Å². The van der Waals surface area contributed by atoms with Crippen LogP contribution in [0.1, 0.15) is 38.8 Å². The third kappa shape index (κ3) is 2.66. The number of nitrogens with one attached hydrogen (secondary N) is 1. The van der Waals surface area contributed by atoms with Gasteiger partial charge in [-0.25, -0.2) is 0 Å². The van der Waals surface area contributed by atoms with Crippen LogP contribution in [0.4, 0.5) is 5.69 Å². The van der Waals surface area contributed by atoms with Gasteiger partial charge in [-0.2, -0.15) is 0 Å². The van der Waals surface area contributed by atoms with Gasteiger partial charge in [0.1, 0.15) is 0 Å². The molecule has 18 heavy (non-hydrogen) atoms. The van der Waals surface area contributed by atoms with Crippen LogP contribution in [0.15, 0.2) is 28.7 Å². The molecule has 0 bridgehead atoms. The highest BCUT2D eigenvalue weighted by atomic mass is 79.9. The predicted octanol–water partition coefficient (Wildman–Crippen LogP) is 4.94. The molecule has 1 heterocycles. The average molecular weight is 307 g/mol. The first-order valence-corrected chi connectivity index (χ1v) is 7.25. The second kappa shape index (κ2) is 5.70. The molecule has 0 aliphatic rings. The normalized spacial score (nSPS) is 11.2. The van der Waals surface area contributed by atoms with Crippen LogP contribution in [0.2, 0.25) is 0 Å². The zero-order valence-electron chi connectivity index (χ0n) is 11.1. The summed E-state index contributed by atoms with van der Waals surface area (Å²) in [5.41, 5.74) is 3.36. The maximum absolute atomic E-state index is 4.76. The van der Waals surface area contributed by atoms with E-state index in [9.17, 15) is 0 Å². The van der Waals surface area contributed by atoms with Gasteiger partial charge in [0.05, 0.1) is 5.52 Å². The SMILES string of the molecule is CCCNc1cc(C(C)C)nc2c(Br)cccc12. The quantitative estimate of drug-likeness (QED) is 0.865. The molecule has 0 spiro atoms. The van der Waals surface area contributed by atoms with Crippen LogP contribution in [0.3, 0.4) is 0 Å². The summed E-state index contributed by atoms with van der Waals surface area (Å²) in [6.45, 7) is 7.52. The van der Waals surface area contributed by atoms with Crippen molar-refractivity contribution in [2.75, 3.05) is 11.9 Å². The van der Waals surface area contributed by atoms with Crippen molar-refractivity contribution >= 4 is 32.5 Å². The Bertz CT molecular complexity index is 549. The van der Waals surface area contributed by atoms with Crippen LogP contribution in [0.25, 0.3) is 10.9 Å². The van der Waals surface area contributed by atoms with Gasteiger partial charge in [-0.3, -0.25) is 4.98 Å². The summed E-state index contributed by atoms with van der Waals surface area (Å²) in [6.07, 6.45) is 1.12. The van der Waals surface area contributed by atoms with Crippen molar-refractivity contribution in [2.24, 2.45) is 0 Å². The molecule has 1 aromatic heterocycles. The van der Waals surface area contributed by atoms with Gasteiger partial charge in [0.15, 0.2) is 0 Å². The minimum atomic E-state index is 0.434. The molecular formula is C15H19BrN2. The maximum atomic E-state index is 4.76. The van der Waals surface area contributed by atoms with E-state index in [0.29, 0.717) is 5.92 Å². The molecule has 1 aromatic carbocycles. The van der Waals surface area contributed by atoms with Crippen LogP contribution in [-0.2, 0) is 0 Å². The second-order valence-corrected chi connectivity index (χ2v) is 5.67. The van der Waals surface area contributed by atoms with E-state index < -0.39 is 0 Å². The van der Waals surface area contributed by atoms with Gasteiger partial charge in [0, 0.05) is 27.8 Å². The maximum Gasteiger partial charge on any atom is 0.0868 e. The first-order chi connectivity index (χ1) is 8.63. The fourth-order valence-corrected chi connectivity index (χ4v) is 2.39. The lowest BCUT2D eigenvalue weighted by Gasteiger charge is -2.13. The summed E-state index contributed by atoms with van der Waals surface area (Å²) in [6, 6.07) is 8.40. The van der Waals surface area contributed by atoms with Crippen LogP contribution < -0.4 is 5.32 Å². The smallest absolute Gasteiger partial charge is 0.0868 e. The molecule has 3 heteroatoms.